The zero-order valence-electron chi connectivity index (χ0n) is 14.5. The number of hydrogen-bond acceptors (Lipinski definition) is 7. The van der Waals surface area contributed by atoms with Gasteiger partial charge in [-0.2, -0.15) is 0 Å². The van der Waals surface area contributed by atoms with E-state index in [2.05, 4.69) is 15.0 Å². The Bertz CT molecular complexity index is 1030. The van der Waals surface area contributed by atoms with E-state index in [1.165, 1.54) is 6.33 Å². The van der Waals surface area contributed by atoms with Gasteiger partial charge in [0.1, 0.15) is 23.6 Å². The molecule has 2 aromatic heterocycles. The molecule has 1 saturated heterocycles. The highest BCUT2D eigenvalue weighted by molar-refractivity contribution is 7.85. The molecule has 0 saturated carbocycles. The third-order valence-electron chi connectivity index (χ3n) is 4.91. The van der Waals surface area contributed by atoms with Crippen LogP contribution in [0.25, 0.3) is 11.2 Å². The zero-order chi connectivity index (χ0) is 19.2. The molecule has 27 heavy (non-hydrogen) atoms. The predicted octanol–water partition coefficient (Wildman–Crippen LogP) is 2.96. The van der Waals surface area contributed by atoms with Crippen LogP contribution in [0.2, 0.25) is 0 Å². The van der Waals surface area contributed by atoms with Crippen molar-refractivity contribution in [1.29, 1.82) is 0 Å². The Morgan fingerprint density at radius 1 is 1.33 bits per heavy atom. The molecule has 1 aromatic carbocycles. The fourth-order valence-corrected chi connectivity index (χ4v) is 5.53. The maximum Gasteiger partial charge on any atom is 0.389 e. The van der Waals surface area contributed by atoms with Gasteiger partial charge in [-0.05, 0) is 30.3 Å². The van der Waals surface area contributed by atoms with Gasteiger partial charge in [0, 0.05) is 0 Å². The molecule has 2 N–H and O–H groups in total. The molecule has 9 nitrogen and oxygen atoms in total. The summed E-state index contributed by atoms with van der Waals surface area (Å²) < 4.78 is 19.1. The lowest BCUT2D eigenvalue weighted by atomic mass is 10.3. The number of hydroxylamine groups is 3. The van der Waals surface area contributed by atoms with Gasteiger partial charge < -0.3 is 24.7 Å². The molecular weight excluding hydrogens is 391 g/mol. The number of rotatable bonds is 6. The maximum atomic E-state index is 13.1. The van der Waals surface area contributed by atoms with Gasteiger partial charge in [0.05, 0.1) is 12.9 Å². The van der Waals surface area contributed by atoms with Crippen molar-refractivity contribution in [2.45, 2.75) is 25.6 Å². The van der Waals surface area contributed by atoms with Crippen LogP contribution < -0.4 is 10.3 Å². The first-order valence-corrected chi connectivity index (χ1v) is 11.0. The molecule has 3 aromatic rings. The molecule has 2 unspecified atom stereocenters. The summed E-state index contributed by atoms with van der Waals surface area (Å²) in [6, 6.07) is 7.99. The second-order valence-electron chi connectivity index (χ2n) is 6.63. The van der Waals surface area contributed by atoms with Crippen molar-refractivity contribution in [1.82, 2.24) is 19.5 Å². The summed E-state index contributed by atoms with van der Waals surface area (Å²) in [6.07, 6.45) is 2.62. The summed E-state index contributed by atoms with van der Waals surface area (Å²) in [5.74, 6) is 0.660. The van der Waals surface area contributed by atoms with Crippen molar-refractivity contribution >= 4 is 34.9 Å². The van der Waals surface area contributed by atoms with Crippen LogP contribution in [0.4, 0.5) is 5.82 Å². The second kappa shape index (κ2) is 6.45. The van der Waals surface area contributed by atoms with Gasteiger partial charge >= 0.3 is 6.72 Å². The molecule has 1 aliphatic heterocycles. The Morgan fingerprint density at radius 3 is 2.81 bits per heavy atom. The van der Waals surface area contributed by atoms with E-state index in [9.17, 15) is 9.77 Å². The number of anilines is 1. The van der Waals surface area contributed by atoms with Gasteiger partial charge in [-0.15, -0.1) is 0 Å². The number of benzene rings is 1. The topological polar surface area (TPSA) is 119 Å². The van der Waals surface area contributed by atoms with Crippen LogP contribution in [0.15, 0.2) is 43.0 Å². The van der Waals surface area contributed by atoms with Crippen LogP contribution in [0, 0.1) is 5.21 Å². The minimum absolute atomic E-state index is 0.270. The summed E-state index contributed by atoms with van der Waals surface area (Å²) in [4.78, 5) is 12.3. The van der Waals surface area contributed by atoms with Crippen LogP contribution in [0.3, 0.4) is 0 Å². The summed E-state index contributed by atoms with van der Waals surface area (Å²) in [7, 11) is 0. The zero-order valence-corrected chi connectivity index (χ0v) is 16.1. The smallest absolute Gasteiger partial charge is 0.389 e. The highest BCUT2D eigenvalue weighted by Gasteiger charge is 2.60. The van der Waals surface area contributed by atoms with Gasteiger partial charge in [-0.25, -0.2) is 15.0 Å². The number of nitrogens with two attached hydrogens (primary N) is 1. The first-order chi connectivity index (χ1) is 12.8. The maximum absolute atomic E-state index is 13.1. The summed E-state index contributed by atoms with van der Waals surface area (Å²) in [5.41, 5.74) is 6.84. The highest BCUT2D eigenvalue weighted by atomic mass is 35.7. The molecule has 0 amide bonds. The number of fused-ring (bicyclic) bond motifs is 1. The van der Waals surface area contributed by atoms with Crippen molar-refractivity contribution in [3.63, 3.8) is 0 Å². The number of aromatic nitrogens is 4. The minimum atomic E-state index is -3.63. The fourth-order valence-electron chi connectivity index (χ4n) is 3.30. The van der Waals surface area contributed by atoms with Crippen LogP contribution >= 0.6 is 18.0 Å². The number of hydrogen-bond donors (Lipinski definition) is 1. The van der Waals surface area contributed by atoms with E-state index in [-0.39, 0.29) is 24.2 Å². The predicted molar refractivity (Wildman–Crippen MR) is 102 cm³/mol. The molecule has 3 heterocycles. The number of nitrogen functional groups attached to an aromatic ring is 1. The standard InChI is InChI=1S/C16H18ClN6O3P/c1-11-13(7-22-9-21-14-15(18)19-8-20-16(14)22)23(11,24)10-27(17,25)26-12-5-3-2-4-6-12/h2-6,8-9,11,13H,7,10H2,1H3,(H2,18,19,20)/t11-,13?,23?,27+/m0/s1. The molecule has 11 heteroatoms. The first-order valence-electron chi connectivity index (χ1n) is 8.33. The van der Waals surface area contributed by atoms with E-state index in [0.29, 0.717) is 23.5 Å². The van der Waals surface area contributed by atoms with E-state index in [0.717, 1.165) is 0 Å². The van der Waals surface area contributed by atoms with Crippen molar-refractivity contribution in [3.8, 4) is 5.75 Å². The van der Waals surface area contributed by atoms with Gasteiger partial charge in [0.2, 0.25) is 0 Å². The summed E-state index contributed by atoms with van der Waals surface area (Å²) in [6.45, 7) is -1.47. The normalized spacial score (nSPS) is 26.6. The molecule has 4 atom stereocenters. The number of halogens is 1. The monoisotopic (exact) mass is 408 g/mol. The van der Waals surface area contributed by atoms with Gasteiger partial charge in [0.25, 0.3) is 0 Å². The van der Waals surface area contributed by atoms with Crippen molar-refractivity contribution in [2.75, 3.05) is 12.0 Å². The summed E-state index contributed by atoms with van der Waals surface area (Å²) >= 11 is 6.09. The molecule has 4 rings (SSSR count). The Hall–Kier alpha value is -2.19. The lowest BCUT2D eigenvalue weighted by molar-refractivity contribution is -0.759. The van der Waals surface area contributed by atoms with Gasteiger partial charge in [-0.1, -0.05) is 18.2 Å². The van der Waals surface area contributed by atoms with E-state index < -0.39 is 11.4 Å². The second-order valence-corrected chi connectivity index (χ2v) is 9.82. The molecule has 1 fully saturated rings. The van der Waals surface area contributed by atoms with Crippen molar-refractivity contribution in [3.05, 3.63) is 48.2 Å². The number of quaternary nitrogens is 1. The Morgan fingerprint density at radius 2 is 2.07 bits per heavy atom. The van der Waals surface area contributed by atoms with Crippen molar-refractivity contribution < 1.29 is 13.7 Å². The quantitative estimate of drug-likeness (QED) is 0.288. The average Bonchev–Trinajstić information content (AvgIpc) is 2.95. The largest absolute Gasteiger partial charge is 0.632 e. The SMILES string of the molecule is C[C@H]1C(Cn2cnc3c(N)ncnc32)[N+]1([O-])C[P@](=O)(Cl)Oc1ccccc1. The molecular formula is C16H18ClN6O3P. The van der Waals surface area contributed by atoms with Crippen LogP contribution in [-0.4, -0.2) is 42.5 Å². The Labute approximate surface area is 160 Å². The Kier molecular flexibility index (Phi) is 4.35. The van der Waals surface area contributed by atoms with Crippen LogP contribution in [0.1, 0.15) is 6.92 Å². The average molecular weight is 409 g/mol. The number of nitrogens with zero attached hydrogens (tertiary/aromatic N) is 5. The van der Waals surface area contributed by atoms with Crippen molar-refractivity contribution in [2.24, 2.45) is 0 Å². The summed E-state index contributed by atoms with van der Waals surface area (Å²) in [5, 5.41) is 13.1. The van der Waals surface area contributed by atoms with E-state index in [1.807, 2.05) is 6.07 Å². The third-order valence-corrected chi connectivity index (χ3v) is 6.70. The van der Waals surface area contributed by atoms with Crippen LogP contribution in [-0.2, 0) is 11.1 Å². The number of para-hydroxylation sites is 1. The Balaban J connectivity index is 1.49. The fraction of sp³-hybridized carbons (Fsp3) is 0.312. The molecule has 1 aliphatic rings. The number of imidazole rings is 1. The highest BCUT2D eigenvalue weighted by Crippen LogP contribution is 2.58. The molecule has 0 aliphatic carbocycles. The molecule has 0 bridgehead atoms. The minimum Gasteiger partial charge on any atom is -0.632 e. The van der Waals surface area contributed by atoms with E-state index >= 15 is 0 Å². The molecule has 0 radical (unpaired) electrons. The lowest BCUT2D eigenvalue weighted by Gasteiger charge is -2.27. The molecule has 0 spiro atoms. The van der Waals surface area contributed by atoms with Gasteiger partial charge in [0.15, 0.2) is 23.8 Å². The van der Waals surface area contributed by atoms with Crippen LogP contribution in [0.5, 0.6) is 5.75 Å². The van der Waals surface area contributed by atoms with Gasteiger partial charge in [-0.3, -0.25) is 4.57 Å². The third kappa shape index (κ3) is 3.39. The first kappa shape index (κ1) is 18.2. The molecule has 142 valence electrons. The van der Waals surface area contributed by atoms with E-state index in [1.54, 1.807) is 42.1 Å². The van der Waals surface area contributed by atoms with E-state index in [4.69, 9.17) is 21.5 Å². The lowest BCUT2D eigenvalue weighted by Crippen LogP contribution is -2.26.